The Morgan fingerprint density at radius 1 is 0.439 bits per heavy atom. The number of benzene rings is 1. The van der Waals surface area contributed by atoms with E-state index in [9.17, 15) is 18.0 Å². The van der Waals surface area contributed by atoms with Crippen molar-refractivity contribution in [2.75, 3.05) is 172 Å². The minimum atomic E-state index is -3.77. The molecule has 0 fully saturated rings. The topological polar surface area (TPSA) is 221 Å². The van der Waals surface area contributed by atoms with Gasteiger partial charge < -0.3 is 67.3 Å². The van der Waals surface area contributed by atoms with Gasteiger partial charge in [-0.2, -0.15) is 8.42 Å². The van der Waals surface area contributed by atoms with Gasteiger partial charge in [-0.05, 0) is 18.6 Å². The Labute approximate surface area is 337 Å². The standard InChI is InChI=1S/C37H65NO18S/c39-36(7-8-37(40)41)38-9-4-10-44-11-12-45-13-14-46-15-16-47-17-18-48-19-20-49-21-22-50-23-24-51-25-26-52-27-28-53-29-30-54-31-32-55-33-34-56-57(42,43)35-5-2-1-3-6-35/h1-3,5-6H,4,7-34H2,(H,38,39)(H,40,41). The maximum absolute atomic E-state index is 12.0. The lowest BCUT2D eigenvalue weighted by Crippen LogP contribution is -2.25. The molecule has 0 aliphatic heterocycles. The van der Waals surface area contributed by atoms with Crippen LogP contribution in [0.2, 0.25) is 0 Å². The van der Waals surface area contributed by atoms with Crippen molar-refractivity contribution >= 4 is 22.0 Å². The van der Waals surface area contributed by atoms with Crippen LogP contribution in [-0.4, -0.2) is 197 Å². The molecule has 0 heterocycles. The van der Waals surface area contributed by atoms with Gasteiger partial charge in [0.2, 0.25) is 5.91 Å². The van der Waals surface area contributed by atoms with E-state index in [0.717, 1.165) is 0 Å². The molecule has 57 heavy (non-hydrogen) atoms. The summed E-state index contributed by atoms with van der Waals surface area (Å²) in [6.45, 7) is 10.8. The fourth-order valence-electron chi connectivity index (χ4n) is 4.09. The highest BCUT2D eigenvalue weighted by Gasteiger charge is 2.13. The normalized spacial score (nSPS) is 11.6. The third kappa shape index (κ3) is 37.6. The molecule has 0 aliphatic rings. The number of carbonyl (C=O) groups is 2. The second-order valence-electron chi connectivity index (χ2n) is 11.5. The van der Waals surface area contributed by atoms with Crippen molar-refractivity contribution < 1.29 is 84.1 Å². The predicted molar refractivity (Wildman–Crippen MR) is 204 cm³/mol. The fraction of sp³-hybridized carbons (Fsp3) is 0.784. The molecule has 0 saturated heterocycles. The van der Waals surface area contributed by atoms with Gasteiger partial charge >= 0.3 is 5.97 Å². The van der Waals surface area contributed by atoms with Crippen molar-refractivity contribution in [3.63, 3.8) is 0 Å². The van der Waals surface area contributed by atoms with Gasteiger partial charge in [0.1, 0.15) is 0 Å². The van der Waals surface area contributed by atoms with Crippen molar-refractivity contribution in [3.05, 3.63) is 30.3 Å². The molecule has 0 atom stereocenters. The van der Waals surface area contributed by atoms with Crippen LogP contribution in [0.15, 0.2) is 35.2 Å². The van der Waals surface area contributed by atoms with Crippen LogP contribution < -0.4 is 5.32 Å². The molecule has 19 nitrogen and oxygen atoms in total. The van der Waals surface area contributed by atoms with Gasteiger partial charge in [0.25, 0.3) is 10.1 Å². The zero-order valence-electron chi connectivity index (χ0n) is 33.2. The lowest BCUT2D eigenvalue weighted by atomic mass is 10.3. The molecule has 1 aromatic rings. The summed E-state index contributed by atoms with van der Waals surface area (Å²) in [6.07, 6.45) is 0.455. The van der Waals surface area contributed by atoms with Gasteiger partial charge in [0, 0.05) is 19.6 Å². The first-order valence-electron chi connectivity index (χ1n) is 19.3. The summed E-state index contributed by atoms with van der Waals surface area (Å²) in [6, 6.07) is 7.95. The van der Waals surface area contributed by atoms with Crippen LogP contribution in [0, 0.1) is 0 Å². The van der Waals surface area contributed by atoms with E-state index in [1.807, 2.05) is 0 Å². The SMILES string of the molecule is O=C(O)CCC(=O)NCCCOCCOCCOCCOCCOCCOCCOCCOCCOCCOCCOCCOCCOS(=O)(=O)c1ccccc1. The zero-order chi connectivity index (χ0) is 41.2. The summed E-state index contributed by atoms with van der Waals surface area (Å²) < 4.78 is 94.2. The van der Waals surface area contributed by atoms with Crippen LogP contribution in [0.3, 0.4) is 0 Å². The summed E-state index contributed by atoms with van der Waals surface area (Å²) in [7, 11) is -3.77. The average molecular weight is 844 g/mol. The van der Waals surface area contributed by atoms with Crippen molar-refractivity contribution in [1.29, 1.82) is 0 Å². The predicted octanol–water partition coefficient (Wildman–Crippen LogP) is 0.962. The lowest BCUT2D eigenvalue weighted by molar-refractivity contribution is -0.138. The number of hydrogen-bond acceptors (Lipinski definition) is 17. The summed E-state index contributed by atoms with van der Waals surface area (Å²) in [5.74, 6) is -1.26. The van der Waals surface area contributed by atoms with Crippen LogP contribution in [-0.2, 0) is 80.7 Å². The second kappa shape index (κ2) is 40.4. The van der Waals surface area contributed by atoms with Crippen molar-refractivity contribution in [2.24, 2.45) is 0 Å². The molecular weight excluding hydrogens is 778 g/mol. The molecule has 1 rings (SSSR count). The number of hydrogen-bond donors (Lipinski definition) is 2. The number of carboxylic acids is 1. The van der Waals surface area contributed by atoms with Crippen LogP contribution in [0.25, 0.3) is 0 Å². The van der Waals surface area contributed by atoms with Gasteiger partial charge in [-0.3, -0.25) is 13.8 Å². The highest BCUT2D eigenvalue weighted by atomic mass is 32.2. The molecule has 0 aliphatic carbocycles. The molecule has 0 aromatic heterocycles. The van der Waals surface area contributed by atoms with Crippen LogP contribution in [0.4, 0.5) is 0 Å². The Morgan fingerprint density at radius 2 is 0.737 bits per heavy atom. The number of rotatable bonds is 45. The third-order valence-corrected chi connectivity index (χ3v) is 8.27. The molecule has 0 bridgehead atoms. The first-order chi connectivity index (χ1) is 27.9. The third-order valence-electron chi connectivity index (χ3n) is 6.94. The Kier molecular flexibility index (Phi) is 37.3. The number of amides is 1. The minimum absolute atomic E-state index is 0.0173. The largest absolute Gasteiger partial charge is 0.481 e. The van der Waals surface area contributed by atoms with Gasteiger partial charge in [0.05, 0.1) is 170 Å². The van der Waals surface area contributed by atoms with E-state index in [0.29, 0.717) is 165 Å². The number of carboxylic acid groups (broad SMARTS) is 1. The van der Waals surface area contributed by atoms with E-state index >= 15 is 0 Å². The fourth-order valence-corrected chi connectivity index (χ4v) is 5.00. The molecule has 2 N–H and O–H groups in total. The van der Waals surface area contributed by atoms with E-state index in [4.69, 9.17) is 66.1 Å². The Morgan fingerprint density at radius 3 is 1.05 bits per heavy atom. The Balaban J connectivity index is 1.64. The Hall–Kier alpha value is -2.41. The van der Waals surface area contributed by atoms with Crippen LogP contribution in [0.1, 0.15) is 19.3 Å². The first-order valence-corrected chi connectivity index (χ1v) is 20.7. The van der Waals surface area contributed by atoms with Gasteiger partial charge in [-0.1, -0.05) is 18.2 Å². The monoisotopic (exact) mass is 843 g/mol. The summed E-state index contributed by atoms with van der Waals surface area (Å²) in [5, 5.41) is 11.2. The molecule has 0 saturated carbocycles. The summed E-state index contributed by atoms with van der Waals surface area (Å²) in [5.41, 5.74) is 0. The van der Waals surface area contributed by atoms with Crippen LogP contribution >= 0.6 is 0 Å². The minimum Gasteiger partial charge on any atom is -0.481 e. The maximum Gasteiger partial charge on any atom is 0.303 e. The molecule has 0 unspecified atom stereocenters. The molecule has 1 amide bonds. The van der Waals surface area contributed by atoms with Crippen molar-refractivity contribution in [2.45, 2.75) is 24.2 Å². The molecule has 20 heteroatoms. The second-order valence-corrected chi connectivity index (χ2v) is 13.2. The first kappa shape index (κ1) is 52.6. The molecular formula is C37H65NO18S. The van der Waals surface area contributed by atoms with E-state index < -0.39 is 16.1 Å². The van der Waals surface area contributed by atoms with Crippen LogP contribution in [0.5, 0.6) is 0 Å². The number of aliphatic carboxylic acids is 1. The highest BCUT2D eigenvalue weighted by Crippen LogP contribution is 2.10. The molecule has 0 spiro atoms. The quantitative estimate of drug-likeness (QED) is 0.0690. The molecule has 332 valence electrons. The molecule has 0 radical (unpaired) electrons. The molecule has 1 aromatic carbocycles. The average Bonchev–Trinajstić information content (AvgIpc) is 3.21. The van der Waals surface area contributed by atoms with Gasteiger partial charge in [0.15, 0.2) is 0 Å². The van der Waals surface area contributed by atoms with Crippen molar-refractivity contribution in [1.82, 2.24) is 5.32 Å². The van der Waals surface area contributed by atoms with E-state index in [2.05, 4.69) is 5.32 Å². The maximum atomic E-state index is 12.0. The summed E-state index contributed by atoms with van der Waals surface area (Å²) >= 11 is 0. The number of carbonyl (C=O) groups excluding carboxylic acids is 1. The Bertz CT molecular complexity index is 1150. The van der Waals surface area contributed by atoms with E-state index in [-0.39, 0.29) is 36.9 Å². The number of nitrogens with one attached hydrogen (secondary N) is 1. The summed E-state index contributed by atoms with van der Waals surface area (Å²) in [4.78, 5) is 21.9. The zero-order valence-corrected chi connectivity index (χ0v) is 34.0. The van der Waals surface area contributed by atoms with E-state index in [1.165, 1.54) is 12.1 Å². The van der Waals surface area contributed by atoms with Crippen molar-refractivity contribution in [3.8, 4) is 0 Å². The van der Waals surface area contributed by atoms with Gasteiger partial charge in [-0.15, -0.1) is 0 Å². The van der Waals surface area contributed by atoms with E-state index in [1.54, 1.807) is 18.2 Å². The smallest absolute Gasteiger partial charge is 0.303 e. The number of ether oxygens (including phenoxy) is 12. The highest BCUT2D eigenvalue weighted by molar-refractivity contribution is 7.86. The van der Waals surface area contributed by atoms with Gasteiger partial charge in [-0.25, -0.2) is 0 Å². The lowest BCUT2D eigenvalue weighted by Gasteiger charge is -2.09.